The Labute approximate surface area is 135 Å². The Bertz CT molecular complexity index is 728. The highest BCUT2D eigenvalue weighted by atomic mass is 15.5. The summed E-state index contributed by atoms with van der Waals surface area (Å²) < 4.78 is 3.61. The van der Waals surface area contributed by atoms with Gasteiger partial charge in [-0.05, 0) is 41.0 Å². The summed E-state index contributed by atoms with van der Waals surface area (Å²) in [6, 6.07) is 8.35. The van der Waals surface area contributed by atoms with E-state index < -0.39 is 0 Å². The van der Waals surface area contributed by atoms with Crippen LogP contribution in [0, 0.1) is 5.92 Å². The van der Waals surface area contributed by atoms with Crippen LogP contribution in [0.25, 0.3) is 5.69 Å². The van der Waals surface area contributed by atoms with Crippen LogP contribution in [-0.2, 0) is 6.54 Å². The summed E-state index contributed by atoms with van der Waals surface area (Å²) in [5.74, 6) is 0.582. The lowest BCUT2D eigenvalue weighted by molar-refractivity contribution is 0.483. The smallest absolute Gasteiger partial charge is 0.143 e. The molecule has 0 amide bonds. The molecule has 0 fully saturated rings. The SMILES string of the molecule is CC(C)Cn1cc(N[C@H](C)c2ccc(-n3cnnn3)cc2)cn1. The van der Waals surface area contributed by atoms with Crippen molar-refractivity contribution in [2.75, 3.05) is 5.32 Å². The van der Waals surface area contributed by atoms with E-state index in [1.54, 1.807) is 11.0 Å². The Morgan fingerprint density at radius 1 is 1.13 bits per heavy atom. The molecular weight excluding hydrogens is 290 g/mol. The first-order valence-corrected chi connectivity index (χ1v) is 7.74. The predicted octanol–water partition coefficient (Wildman–Crippen LogP) is 2.69. The molecule has 7 nitrogen and oxygen atoms in total. The number of tetrazole rings is 1. The van der Waals surface area contributed by atoms with Gasteiger partial charge in [-0.2, -0.15) is 5.10 Å². The molecule has 0 bridgehead atoms. The van der Waals surface area contributed by atoms with Gasteiger partial charge in [0.25, 0.3) is 0 Å². The predicted molar refractivity (Wildman–Crippen MR) is 88.3 cm³/mol. The number of aromatic nitrogens is 6. The van der Waals surface area contributed by atoms with Crippen molar-refractivity contribution in [1.29, 1.82) is 0 Å². The average Bonchev–Trinajstić information content (AvgIpc) is 3.19. The molecule has 1 N–H and O–H groups in total. The van der Waals surface area contributed by atoms with E-state index in [-0.39, 0.29) is 6.04 Å². The summed E-state index contributed by atoms with van der Waals surface area (Å²) in [6.07, 6.45) is 5.50. The van der Waals surface area contributed by atoms with Crippen molar-refractivity contribution < 1.29 is 0 Å². The lowest BCUT2D eigenvalue weighted by Gasteiger charge is -2.14. The van der Waals surface area contributed by atoms with Gasteiger partial charge in [-0.15, -0.1) is 5.10 Å². The largest absolute Gasteiger partial charge is 0.376 e. The normalized spacial score (nSPS) is 12.5. The van der Waals surface area contributed by atoms with Crippen molar-refractivity contribution in [3.63, 3.8) is 0 Å². The zero-order valence-corrected chi connectivity index (χ0v) is 13.6. The number of nitrogens with zero attached hydrogens (tertiary/aromatic N) is 6. The minimum atomic E-state index is 0.189. The van der Waals surface area contributed by atoms with Gasteiger partial charge in [0.05, 0.1) is 17.6 Å². The van der Waals surface area contributed by atoms with Crippen molar-refractivity contribution in [2.45, 2.75) is 33.4 Å². The van der Waals surface area contributed by atoms with Gasteiger partial charge in [0.1, 0.15) is 6.33 Å². The number of benzene rings is 1. The second-order valence-electron chi connectivity index (χ2n) is 6.06. The van der Waals surface area contributed by atoms with Crippen LogP contribution in [0.2, 0.25) is 0 Å². The Morgan fingerprint density at radius 3 is 2.57 bits per heavy atom. The third kappa shape index (κ3) is 3.74. The maximum absolute atomic E-state index is 4.38. The number of hydrogen-bond acceptors (Lipinski definition) is 5. The fourth-order valence-electron chi connectivity index (χ4n) is 2.44. The van der Waals surface area contributed by atoms with Crippen LogP contribution in [0.1, 0.15) is 32.4 Å². The Hall–Kier alpha value is -2.70. The molecule has 2 aromatic heterocycles. The van der Waals surface area contributed by atoms with E-state index in [0.717, 1.165) is 17.9 Å². The van der Waals surface area contributed by atoms with Gasteiger partial charge >= 0.3 is 0 Å². The maximum atomic E-state index is 4.38. The van der Waals surface area contributed by atoms with Crippen LogP contribution in [0.5, 0.6) is 0 Å². The van der Waals surface area contributed by atoms with E-state index in [2.05, 4.69) is 58.8 Å². The van der Waals surface area contributed by atoms with E-state index in [0.29, 0.717) is 5.92 Å². The second-order valence-corrected chi connectivity index (χ2v) is 6.06. The van der Waals surface area contributed by atoms with E-state index in [1.807, 2.05) is 29.2 Å². The molecule has 0 aliphatic heterocycles. The fourth-order valence-corrected chi connectivity index (χ4v) is 2.44. The Morgan fingerprint density at radius 2 is 1.91 bits per heavy atom. The highest BCUT2D eigenvalue weighted by molar-refractivity contribution is 5.43. The molecule has 1 aromatic carbocycles. The maximum Gasteiger partial charge on any atom is 0.143 e. The number of nitrogens with one attached hydrogen (secondary N) is 1. The molecule has 0 saturated heterocycles. The third-order valence-electron chi connectivity index (χ3n) is 3.58. The van der Waals surface area contributed by atoms with Crippen molar-refractivity contribution in [2.24, 2.45) is 5.92 Å². The molecule has 0 unspecified atom stereocenters. The van der Waals surface area contributed by atoms with Crippen LogP contribution >= 0.6 is 0 Å². The topological polar surface area (TPSA) is 73.5 Å². The molecular formula is C16H21N7. The molecule has 120 valence electrons. The highest BCUT2D eigenvalue weighted by Gasteiger charge is 2.08. The van der Waals surface area contributed by atoms with Crippen LogP contribution in [0.3, 0.4) is 0 Å². The Balaban J connectivity index is 1.66. The molecule has 1 atom stereocenters. The summed E-state index contributed by atoms with van der Waals surface area (Å²) in [5.41, 5.74) is 3.16. The van der Waals surface area contributed by atoms with E-state index in [9.17, 15) is 0 Å². The molecule has 0 radical (unpaired) electrons. The van der Waals surface area contributed by atoms with Gasteiger partial charge in [0, 0.05) is 18.8 Å². The summed E-state index contributed by atoms with van der Waals surface area (Å²) in [6.45, 7) is 7.43. The summed E-state index contributed by atoms with van der Waals surface area (Å²) in [5, 5.41) is 19.0. The number of rotatable bonds is 6. The third-order valence-corrected chi connectivity index (χ3v) is 3.58. The monoisotopic (exact) mass is 311 g/mol. The first-order valence-electron chi connectivity index (χ1n) is 7.74. The van der Waals surface area contributed by atoms with E-state index in [1.165, 1.54) is 5.56 Å². The second kappa shape index (κ2) is 6.60. The molecule has 3 rings (SSSR count). The first kappa shape index (κ1) is 15.2. The minimum absolute atomic E-state index is 0.189. The van der Waals surface area contributed by atoms with Gasteiger partial charge in [0.15, 0.2) is 0 Å². The lowest BCUT2D eigenvalue weighted by Crippen LogP contribution is -2.07. The summed E-state index contributed by atoms with van der Waals surface area (Å²) in [4.78, 5) is 0. The molecule has 2 heterocycles. The van der Waals surface area contributed by atoms with Gasteiger partial charge in [-0.3, -0.25) is 4.68 Å². The summed E-state index contributed by atoms with van der Waals surface area (Å²) in [7, 11) is 0. The fraction of sp³-hybridized carbons (Fsp3) is 0.375. The molecule has 7 heteroatoms. The van der Waals surface area contributed by atoms with E-state index in [4.69, 9.17) is 0 Å². The zero-order chi connectivity index (χ0) is 16.2. The van der Waals surface area contributed by atoms with Crippen LogP contribution in [0.15, 0.2) is 43.0 Å². The quantitative estimate of drug-likeness (QED) is 0.757. The van der Waals surface area contributed by atoms with E-state index >= 15 is 0 Å². The molecule has 23 heavy (non-hydrogen) atoms. The van der Waals surface area contributed by atoms with Crippen LogP contribution in [-0.4, -0.2) is 30.0 Å². The van der Waals surface area contributed by atoms with Gasteiger partial charge < -0.3 is 5.32 Å². The standard InChI is InChI=1S/C16H21N7/c1-12(2)9-22-10-15(8-18-22)19-13(3)14-4-6-16(7-5-14)23-11-17-20-21-23/h4-8,10-13,19H,9H2,1-3H3/t13-/m1/s1. The number of hydrogen-bond donors (Lipinski definition) is 1. The average molecular weight is 311 g/mol. The number of anilines is 1. The van der Waals surface area contributed by atoms with Crippen molar-refractivity contribution >= 4 is 5.69 Å². The molecule has 0 spiro atoms. The molecule has 0 saturated carbocycles. The Kier molecular flexibility index (Phi) is 4.36. The summed E-state index contributed by atoms with van der Waals surface area (Å²) >= 11 is 0. The molecule has 3 aromatic rings. The molecule has 0 aliphatic rings. The van der Waals surface area contributed by atoms with Crippen LogP contribution < -0.4 is 5.32 Å². The molecule has 0 aliphatic carbocycles. The van der Waals surface area contributed by atoms with Crippen LogP contribution in [0.4, 0.5) is 5.69 Å². The van der Waals surface area contributed by atoms with Gasteiger partial charge in [0.2, 0.25) is 0 Å². The first-order chi connectivity index (χ1) is 11.1. The zero-order valence-electron chi connectivity index (χ0n) is 13.6. The van der Waals surface area contributed by atoms with Gasteiger partial charge in [-0.25, -0.2) is 4.68 Å². The van der Waals surface area contributed by atoms with Crippen molar-refractivity contribution in [1.82, 2.24) is 30.0 Å². The highest BCUT2D eigenvalue weighted by Crippen LogP contribution is 2.20. The van der Waals surface area contributed by atoms with Crippen molar-refractivity contribution in [3.05, 3.63) is 48.5 Å². The van der Waals surface area contributed by atoms with Gasteiger partial charge in [-0.1, -0.05) is 26.0 Å². The van der Waals surface area contributed by atoms with Crippen molar-refractivity contribution in [3.8, 4) is 5.69 Å². The minimum Gasteiger partial charge on any atom is -0.376 e. The lowest BCUT2D eigenvalue weighted by atomic mass is 10.1.